The van der Waals surface area contributed by atoms with Crippen molar-refractivity contribution in [2.75, 3.05) is 32.8 Å². The Morgan fingerprint density at radius 3 is 2.67 bits per heavy atom. The van der Waals surface area contributed by atoms with Crippen LogP contribution >= 0.6 is 23.7 Å². The number of rotatable bonds is 6. The molecule has 1 fully saturated rings. The second-order valence-corrected chi connectivity index (χ2v) is 8.60. The highest BCUT2D eigenvalue weighted by Gasteiger charge is 2.23. The molecule has 1 saturated heterocycles. The van der Waals surface area contributed by atoms with Gasteiger partial charge in [0.25, 0.3) is 0 Å². The Kier molecular flexibility index (Phi) is 8.19. The average molecular weight is 414 g/mol. The summed E-state index contributed by atoms with van der Waals surface area (Å²) < 4.78 is 19.2. The zero-order chi connectivity index (χ0) is 18.6. The Labute approximate surface area is 171 Å². The maximum Gasteiger partial charge on any atom is 0.123 e. The van der Waals surface area contributed by atoms with Gasteiger partial charge in [-0.25, -0.2) is 9.37 Å². The van der Waals surface area contributed by atoms with Gasteiger partial charge in [0.2, 0.25) is 0 Å². The summed E-state index contributed by atoms with van der Waals surface area (Å²) in [6.45, 7) is 11.2. The molecule has 3 rings (SSSR count). The Bertz CT molecular complexity index is 713. The molecule has 0 aliphatic carbocycles. The van der Waals surface area contributed by atoms with E-state index in [4.69, 9.17) is 9.72 Å². The Hall–Kier alpha value is -1.05. The maximum atomic E-state index is 13.7. The number of halogens is 2. The van der Waals surface area contributed by atoms with Crippen molar-refractivity contribution in [2.45, 2.75) is 38.8 Å². The van der Waals surface area contributed by atoms with Crippen LogP contribution < -0.4 is 5.32 Å². The average Bonchev–Trinajstić information content (AvgIpc) is 3.09. The van der Waals surface area contributed by atoms with Crippen LogP contribution in [0.5, 0.6) is 0 Å². The molecule has 1 aliphatic heterocycles. The fourth-order valence-corrected chi connectivity index (χ4v) is 4.04. The number of aromatic nitrogens is 1. The van der Waals surface area contributed by atoms with E-state index in [9.17, 15) is 4.39 Å². The Balaban J connectivity index is 0.00000261. The van der Waals surface area contributed by atoms with E-state index in [2.05, 4.69) is 36.4 Å². The van der Waals surface area contributed by atoms with Gasteiger partial charge in [-0.05, 0) is 17.7 Å². The van der Waals surface area contributed by atoms with Crippen LogP contribution in [-0.2, 0) is 16.7 Å². The summed E-state index contributed by atoms with van der Waals surface area (Å²) in [7, 11) is 0. The molecule has 2 heterocycles. The zero-order valence-corrected chi connectivity index (χ0v) is 17.8. The SMILES string of the molecule is CC(C)(C)c1nc(CNCC(c2cccc(F)c2)N2CCOCC2)cs1.Cl. The highest BCUT2D eigenvalue weighted by Crippen LogP contribution is 2.26. The highest BCUT2D eigenvalue weighted by molar-refractivity contribution is 7.09. The summed E-state index contributed by atoms with van der Waals surface area (Å²) >= 11 is 1.71. The number of benzene rings is 1. The minimum Gasteiger partial charge on any atom is -0.379 e. The number of thiazole rings is 1. The predicted molar refractivity (Wildman–Crippen MR) is 111 cm³/mol. The fraction of sp³-hybridized carbons (Fsp3) is 0.550. The second kappa shape index (κ2) is 9.94. The van der Waals surface area contributed by atoms with Crippen LogP contribution in [0.2, 0.25) is 0 Å². The van der Waals surface area contributed by atoms with Crippen molar-refractivity contribution in [3.05, 3.63) is 51.7 Å². The van der Waals surface area contributed by atoms with Crippen LogP contribution in [0.1, 0.15) is 43.1 Å². The van der Waals surface area contributed by atoms with Gasteiger partial charge in [-0.1, -0.05) is 32.9 Å². The molecule has 1 N–H and O–H groups in total. The molecule has 1 aromatic heterocycles. The van der Waals surface area contributed by atoms with Crippen molar-refractivity contribution < 1.29 is 9.13 Å². The van der Waals surface area contributed by atoms with Gasteiger partial charge in [0.1, 0.15) is 5.82 Å². The zero-order valence-electron chi connectivity index (χ0n) is 16.2. The minimum absolute atomic E-state index is 0. The van der Waals surface area contributed by atoms with Gasteiger partial charge >= 0.3 is 0 Å². The van der Waals surface area contributed by atoms with Crippen LogP contribution in [0, 0.1) is 5.82 Å². The molecular formula is C20H29ClFN3OS. The van der Waals surface area contributed by atoms with Crippen LogP contribution in [-0.4, -0.2) is 42.7 Å². The van der Waals surface area contributed by atoms with Gasteiger partial charge in [-0.3, -0.25) is 4.90 Å². The lowest BCUT2D eigenvalue weighted by atomic mass is 9.98. The third kappa shape index (κ3) is 6.22. The molecule has 0 spiro atoms. The first kappa shape index (κ1) is 22.2. The van der Waals surface area contributed by atoms with E-state index in [0.717, 1.165) is 55.7 Å². The van der Waals surface area contributed by atoms with Gasteiger partial charge in [-0.15, -0.1) is 23.7 Å². The minimum atomic E-state index is -0.185. The summed E-state index contributed by atoms with van der Waals surface area (Å²) in [5.74, 6) is -0.185. The molecule has 1 unspecified atom stereocenters. The van der Waals surface area contributed by atoms with Crippen molar-refractivity contribution >= 4 is 23.7 Å². The fourth-order valence-electron chi connectivity index (χ4n) is 3.13. The van der Waals surface area contributed by atoms with E-state index in [1.807, 2.05) is 6.07 Å². The van der Waals surface area contributed by atoms with Gasteiger partial charge in [-0.2, -0.15) is 0 Å². The predicted octanol–water partition coefficient (Wildman–Crippen LogP) is 4.16. The Morgan fingerprint density at radius 1 is 1.30 bits per heavy atom. The number of ether oxygens (including phenoxy) is 1. The molecule has 150 valence electrons. The smallest absolute Gasteiger partial charge is 0.123 e. The molecule has 1 atom stereocenters. The number of hydrogen-bond acceptors (Lipinski definition) is 5. The number of nitrogens with one attached hydrogen (secondary N) is 1. The quantitative estimate of drug-likeness (QED) is 0.771. The number of hydrogen-bond donors (Lipinski definition) is 1. The third-order valence-corrected chi connectivity index (χ3v) is 5.87. The van der Waals surface area contributed by atoms with E-state index in [-0.39, 0.29) is 29.7 Å². The summed E-state index contributed by atoms with van der Waals surface area (Å²) in [6, 6.07) is 7.06. The molecule has 2 aromatic rings. The summed E-state index contributed by atoms with van der Waals surface area (Å²) in [5, 5.41) is 6.80. The van der Waals surface area contributed by atoms with Crippen molar-refractivity contribution in [3.63, 3.8) is 0 Å². The van der Waals surface area contributed by atoms with Crippen molar-refractivity contribution in [3.8, 4) is 0 Å². The number of morpholine rings is 1. The number of nitrogens with zero attached hydrogens (tertiary/aromatic N) is 2. The molecule has 7 heteroatoms. The standard InChI is InChI=1S/C20H28FN3OS.ClH/c1-20(2,3)19-23-17(14-26-19)12-22-13-18(24-7-9-25-10-8-24)15-5-4-6-16(21)11-15;/h4-6,11,14,18,22H,7-10,12-13H2,1-3H3;1H. The van der Waals surface area contributed by atoms with Crippen LogP contribution in [0.3, 0.4) is 0 Å². The topological polar surface area (TPSA) is 37.4 Å². The van der Waals surface area contributed by atoms with Crippen molar-refractivity contribution in [1.82, 2.24) is 15.2 Å². The first-order valence-electron chi connectivity index (χ1n) is 9.16. The van der Waals surface area contributed by atoms with Gasteiger partial charge in [0.15, 0.2) is 0 Å². The largest absolute Gasteiger partial charge is 0.379 e. The lowest BCUT2D eigenvalue weighted by molar-refractivity contribution is 0.0160. The van der Waals surface area contributed by atoms with E-state index in [1.165, 1.54) is 6.07 Å². The van der Waals surface area contributed by atoms with E-state index < -0.39 is 0 Å². The summed E-state index contributed by atoms with van der Waals surface area (Å²) in [6.07, 6.45) is 0. The Morgan fingerprint density at radius 2 is 2.04 bits per heavy atom. The van der Waals surface area contributed by atoms with Crippen LogP contribution in [0.25, 0.3) is 0 Å². The van der Waals surface area contributed by atoms with E-state index >= 15 is 0 Å². The lowest BCUT2D eigenvalue weighted by Gasteiger charge is -2.35. The molecule has 0 bridgehead atoms. The van der Waals surface area contributed by atoms with Crippen molar-refractivity contribution in [1.29, 1.82) is 0 Å². The molecule has 0 radical (unpaired) electrons. The molecule has 0 saturated carbocycles. The molecular weight excluding hydrogens is 385 g/mol. The first-order valence-corrected chi connectivity index (χ1v) is 10.0. The summed E-state index contributed by atoms with van der Waals surface area (Å²) in [4.78, 5) is 7.11. The van der Waals surface area contributed by atoms with E-state index in [0.29, 0.717) is 0 Å². The molecule has 0 amide bonds. The van der Waals surface area contributed by atoms with Crippen molar-refractivity contribution in [2.24, 2.45) is 0 Å². The van der Waals surface area contributed by atoms with Crippen LogP contribution in [0.15, 0.2) is 29.6 Å². The molecule has 1 aliphatic rings. The van der Waals surface area contributed by atoms with Gasteiger partial charge in [0, 0.05) is 43.0 Å². The monoisotopic (exact) mass is 413 g/mol. The maximum absolute atomic E-state index is 13.7. The molecule has 27 heavy (non-hydrogen) atoms. The van der Waals surface area contributed by atoms with Crippen LogP contribution in [0.4, 0.5) is 4.39 Å². The van der Waals surface area contributed by atoms with Gasteiger partial charge < -0.3 is 10.1 Å². The summed E-state index contributed by atoms with van der Waals surface area (Å²) in [5.41, 5.74) is 2.16. The lowest BCUT2D eigenvalue weighted by Crippen LogP contribution is -2.42. The second-order valence-electron chi connectivity index (χ2n) is 7.74. The first-order chi connectivity index (χ1) is 12.4. The molecule has 4 nitrogen and oxygen atoms in total. The highest BCUT2D eigenvalue weighted by atomic mass is 35.5. The van der Waals surface area contributed by atoms with Gasteiger partial charge in [0.05, 0.1) is 23.9 Å². The normalized spacial score (nSPS) is 16.7. The third-order valence-electron chi connectivity index (χ3n) is 4.56. The van der Waals surface area contributed by atoms with E-state index in [1.54, 1.807) is 23.5 Å². The molecule has 1 aromatic carbocycles.